The molecule has 2 unspecified atom stereocenters. The fraction of sp³-hybridized carbons (Fsp3) is 0.500. The zero-order valence-corrected chi connectivity index (χ0v) is 11.8. The van der Waals surface area contributed by atoms with Crippen molar-refractivity contribution in [2.75, 3.05) is 6.61 Å². The summed E-state index contributed by atoms with van der Waals surface area (Å²) in [5.74, 6) is 0. The summed E-state index contributed by atoms with van der Waals surface area (Å²) in [6.07, 6.45) is -0.799. The van der Waals surface area contributed by atoms with E-state index in [4.69, 9.17) is 9.84 Å². The second kappa shape index (κ2) is 6.04. The zero-order chi connectivity index (χ0) is 16.6. The lowest BCUT2D eigenvalue weighted by molar-refractivity contribution is -0.0551. The molecule has 0 aromatic carbocycles. The Hall–Kier alpha value is -2.34. The van der Waals surface area contributed by atoms with E-state index in [0.29, 0.717) is 0 Å². The summed E-state index contributed by atoms with van der Waals surface area (Å²) in [6, 6.07) is 0. The van der Waals surface area contributed by atoms with Gasteiger partial charge in [-0.3, -0.25) is 14.3 Å². The molecule has 0 radical (unpaired) electrons. The quantitative estimate of drug-likeness (QED) is 0.458. The highest BCUT2D eigenvalue weighted by Gasteiger charge is 2.43. The van der Waals surface area contributed by atoms with Gasteiger partial charge in [-0.25, -0.2) is 9.48 Å². The number of ether oxygens (including phenoxy) is 1. The van der Waals surface area contributed by atoms with Crippen molar-refractivity contribution in [3.8, 4) is 0 Å². The number of aromatic nitrogens is 5. The average molecular weight is 325 g/mol. The summed E-state index contributed by atoms with van der Waals surface area (Å²) in [7, 11) is 0. The monoisotopic (exact) mass is 325 g/mol. The van der Waals surface area contributed by atoms with Crippen LogP contribution < -0.4 is 11.2 Å². The van der Waals surface area contributed by atoms with Gasteiger partial charge in [0.15, 0.2) is 6.23 Å². The van der Waals surface area contributed by atoms with Crippen LogP contribution in [-0.4, -0.2) is 64.8 Å². The molecule has 4 N–H and O–H groups in total. The van der Waals surface area contributed by atoms with E-state index in [9.17, 15) is 19.8 Å². The third-order valence-corrected chi connectivity index (χ3v) is 3.64. The van der Waals surface area contributed by atoms with Gasteiger partial charge in [-0.15, -0.1) is 5.10 Å². The molecule has 23 heavy (non-hydrogen) atoms. The Bertz CT molecular complexity index is 784. The highest BCUT2D eigenvalue weighted by molar-refractivity contribution is 5.06. The molecule has 124 valence electrons. The average Bonchev–Trinajstić information content (AvgIpc) is 3.12. The van der Waals surface area contributed by atoms with Crippen LogP contribution in [0.4, 0.5) is 0 Å². The molecule has 11 nitrogen and oxygen atoms in total. The molecule has 1 aliphatic rings. The fourth-order valence-electron chi connectivity index (χ4n) is 2.43. The molecular formula is C12H15N5O6. The Labute approximate surface area is 128 Å². The van der Waals surface area contributed by atoms with E-state index in [2.05, 4.69) is 15.3 Å². The Morgan fingerprint density at radius 3 is 2.70 bits per heavy atom. The third-order valence-electron chi connectivity index (χ3n) is 3.64. The molecule has 11 heteroatoms. The van der Waals surface area contributed by atoms with Crippen molar-refractivity contribution in [3.05, 3.63) is 45.0 Å². The smallest absolute Gasteiger partial charge is 0.330 e. The lowest BCUT2D eigenvalue weighted by Crippen LogP contribution is -2.39. The van der Waals surface area contributed by atoms with Crippen molar-refractivity contribution in [1.82, 2.24) is 24.5 Å². The minimum absolute atomic E-state index is 0.0599. The van der Waals surface area contributed by atoms with Gasteiger partial charge >= 0.3 is 5.69 Å². The van der Waals surface area contributed by atoms with E-state index in [1.807, 2.05) is 0 Å². The van der Waals surface area contributed by atoms with Crippen LogP contribution in [-0.2, 0) is 11.3 Å². The maximum absolute atomic E-state index is 12.0. The van der Waals surface area contributed by atoms with E-state index in [0.717, 1.165) is 4.57 Å². The topological polar surface area (TPSA) is 155 Å². The third kappa shape index (κ3) is 2.82. The minimum atomic E-state index is -1.42. The first-order valence-electron chi connectivity index (χ1n) is 6.82. The van der Waals surface area contributed by atoms with Crippen molar-refractivity contribution in [2.24, 2.45) is 0 Å². The number of aromatic amines is 1. The van der Waals surface area contributed by atoms with Gasteiger partial charge in [0.2, 0.25) is 0 Å². The molecule has 4 atom stereocenters. The summed E-state index contributed by atoms with van der Waals surface area (Å²) in [6.45, 7) is -0.455. The van der Waals surface area contributed by atoms with Crippen LogP contribution in [0, 0.1) is 0 Å². The van der Waals surface area contributed by atoms with Crippen LogP contribution in [0.1, 0.15) is 11.8 Å². The minimum Gasteiger partial charge on any atom is -0.394 e. The van der Waals surface area contributed by atoms with Crippen molar-refractivity contribution in [1.29, 1.82) is 0 Å². The van der Waals surface area contributed by atoms with E-state index in [1.165, 1.54) is 17.1 Å². The van der Waals surface area contributed by atoms with E-state index in [-0.39, 0.29) is 12.1 Å². The SMILES string of the molecule is O=c1[nH]c(=O)n([C@@H]2O[C@H](CO)C(O)C2O)cc1Cn1ccnn1. The van der Waals surface area contributed by atoms with Gasteiger partial charge in [0.25, 0.3) is 5.56 Å². The Morgan fingerprint density at radius 2 is 2.09 bits per heavy atom. The highest BCUT2D eigenvalue weighted by atomic mass is 16.6. The standard InChI is InChI=1S/C12H15N5O6/c18-5-7-8(19)9(20)11(23-7)17-4-6(10(21)14-12(17)22)3-16-2-1-13-15-16/h1-2,4,7-9,11,18-20H,3,5H2,(H,14,21,22)/t7-,8?,9?,11-/m1/s1. The van der Waals surface area contributed by atoms with Crippen LogP contribution in [0.5, 0.6) is 0 Å². The second-order valence-electron chi connectivity index (χ2n) is 5.15. The van der Waals surface area contributed by atoms with Crippen LogP contribution in [0.25, 0.3) is 0 Å². The molecule has 0 spiro atoms. The van der Waals surface area contributed by atoms with Crippen molar-refractivity contribution >= 4 is 0 Å². The van der Waals surface area contributed by atoms with E-state index < -0.39 is 42.4 Å². The largest absolute Gasteiger partial charge is 0.394 e. The number of aliphatic hydroxyl groups excluding tert-OH is 3. The van der Waals surface area contributed by atoms with Gasteiger partial charge in [-0.1, -0.05) is 5.21 Å². The summed E-state index contributed by atoms with van der Waals surface area (Å²) in [4.78, 5) is 26.0. The van der Waals surface area contributed by atoms with Gasteiger partial charge in [0.1, 0.15) is 18.3 Å². The molecule has 0 saturated carbocycles. The molecule has 2 aromatic rings. The van der Waals surface area contributed by atoms with Crippen LogP contribution in [0.2, 0.25) is 0 Å². The second-order valence-corrected chi connectivity index (χ2v) is 5.15. The fourth-order valence-corrected chi connectivity index (χ4v) is 2.43. The van der Waals surface area contributed by atoms with Crippen molar-refractivity contribution < 1.29 is 20.1 Å². The van der Waals surface area contributed by atoms with Gasteiger partial charge < -0.3 is 20.1 Å². The Balaban J connectivity index is 1.96. The highest BCUT2D eigenvalue weighted by Crippen LogP contribution is 2.27. The Morgan fingerprint density at radius 1 is 1.30 bits per heavy atom. The maximum atomic E-state index is 12.0. The van der Waals surface area contributed by atoms with Crippen LogP contribution in [0.3, 0.4) is 0 Å². The molecule has 3 heterocycles. The first-order chi connectivity index (χ1) is 11.0. The molecule has 1 fully saturated rings. The summed E-state index contributed by atoms with van der Waals surface area (Å²) in [5, 5.41) is 36.2. The summed E-state index contributed by atoms with van der Waals surface area (Å²) in [5.41, 5.74) is -1.21. The number of nitrogens with one attached hydrogen (secondary N) is 1. The Kier molecular flexibility index (Phi) is 4.09. The van der Waals surface area contributed by atoms with E-state index in [1.54, 1.807) is 6.20 Å². The number of aliphatic hydroxyl groups is 3. The van der Waals surface area contributed by atoms with Crippen molar-refractivity contribution in [2.45, 2.75) is 31.1 Å². The summed E-state index contributed by atoms with van der Waals surface area (Å²) < 4.78 is 7.64. The van der Waals surface area contributed by atoms with Crippen LogP contribution in [0.15, 0.2) is 28.2 Å². The first-order valence-corrected chi connectivity index (χ1v) is 6.82. The zero-order valence-electron chi connectivity index (χ0n) is 11.8. The predicted molar refractivity (Wildman–Crippen MR) is 73.5 cm³/mol. The molecule has 2 aromatic heterocycles. The molecule has 0 amide bonds. The van der Waals surface area contributed by atoms with Crippen LogP contribution >= 0.6 is 0 Å². The van der Waals surface area contributed by atoms with Crippen molar-refractivity contribution in [3.63, 3.8) is 0 Å². The molecule has 3 rings (SSSR count). The maximum Gasteiger partial charge on any atom is 0.330 e. The van der Waals surface area contributed by atoms with Gasteiger partial charge in [0, 0.05) is 12.4 Å². The summed E-state index contributed by atoms with van der Waals surface area (Å²) >= 11 is 0. The lowest BCUT2D eigenvalue weighted by Gasteiger charge is -2.17. The predicted octanol–water partition coefficient (Wildman–Crippen LogP) is -3.21. The number of hydrogen-bond acceptors (Lipinski definition) is 8. The normalized spacial score (nSPS) is 27.4. The van der Waals surface area contributed by atoms with E-state index >= 15 is 0 Å². The first kappa shape index (κ1) is 15.6. The molecule has 1 saturated heterocycles. The number of hydrogen-bond donors (Lipinski definition) is 4. The molecule has 0 bridgehead atoms. The van der Waals surface area contributed by atoms with Gasteiger partial charge in [-0.05, 0) is 0 Å². The number of H-pyrrole nitrogens is 1. The molecule has 0 aliphatic carbocycles. The number of nitrogens with zero attached hydrogens (tertiary/aromatic N) is 4. The molecule has 1 aliphatic heterocycles. The molecular weight excluding hydrogens is 310 g/mol. The number of rotatable bonds is 4. The van der Waals surface area contributed by atoms with Gasteiger partial charge in [-0.2, -0.15) is 0 Å². The lowest BCUT2D eigenvalue weighted by atomic mass is 10.1. The van der Waals surface area contributed by atoms with Gasteiger partial charge in [0.05, 0.1) is 24.9 Å².